The standard InChI is InChI=1S/C13H15NO4/c1-18-11-4-2-3-10-9(11)5-7-14(13(10)17)8-6-12(15)16/h2-4H,5-8H2,1H3,(H,15,16). The Labute approximate surface area is 105 Å². The molecule has 0 saturated carbocycles. The van der Waals surface area contributed by atoms with Crippen LogP contribution >= 0.6 is 0 Å². The van der Waals surface area contributed by atoms with Crippen molar-refractivity contribution >= 4 is 11.9 Å². The monoisotopic (exact) mass is 249 g/mol. The molecule has 2 rings (SSSR count). The van der Waals surface area contributed by atoms with E-state index in [1.54, 1.807) is 24.1 Å². The van der Waals surface area contributed by atoms with Gasteiger partial charge in [0.1, 0.15) is 5.75 Å². The Bertz CT molecular complexity index is 484. The summed E-state index contributed by atoms with van der Waals surface area (Å²) >= 11 is 0. The van der Waals surface area contributed by atoms with Crippen molar-refractivity contribution in [3.63, 3.8) is 0 Å². The highest BCUT2D eigenvalue weighted by atomic mass is 16.5. The van der Waals surface area contributed by atoms with E-state index in [0.717, 1.165) is 11.3 Å². The van der Waals surface area contributed by atoms with Crippen LogP contribution in [-0.4, -0.2) is 42.1 Å². The first kappa shape index (κ1) is 12.4. The van der Waals surface area contributed by atoms with Crippen LogP contribution in [0.4, 0.5) is 0 Å². The number of hydrogen-bond acceptors (Lipinski definition) is 3. The minimum atomic E-state index is -0.890. The maximum Gasteiger partial charge on any atom is 0.305 e. The van der Waals surface area contributed by atoms with Gasteiger partial charge in [-0.25, -0.2) is 0 Å². The maximum atomic E-state index is 12.2. The first-order chi connectivity index (χ1) is 8.63. The summed E-state index contributed by atoms with van der Waals surface area (Å²) in [5.41, 5.74) is 1.53. The fraction of sp³-hybridized carbons (Fsp3) is 0.385. The number of benzene rings is 1. The van der Waals surface area contributed by atoms with Gasteiger partial charge in [0.05, 0.1) is 13.5 Å². The van der Waals surface area contributed by atoms with Gasteiger partial charge in [0, 0.05) is 24.2 Å². The number of methoxy groups -OCH3 is 1. The number of nitrogens with zero attached hydrogens (tertiary/aromatic N) is 1. The van der Waals surface area contributed by atoms with Crippen molar-refractivity contribution in [2.75, 3.05) is 20.2 Å². The van der Waals surface area contributed by atoms with Crippen LogP contribution in [0.25, 0.3) is 0 Å². The Morgan fingerprint density at radius 3 is 2.94 bits per heavy atom. The van der Waals surface area contributed by atoms with E-state index in [4.69, 9.17) is 9.84 Å². The molecule has 5 heteroatoms. The van der Waals surface area contributed by atoms with Crippen molar-refractivity contribution in [1.29, 1.82) is 0 Å². The highest BCUT2D eigenvalue weighted by molar-refractivity contribution is 5.97. The third-order valence-electron chi connectivity index (χ3n) is 3.10. The molecule has 1 N–H and O–H groups in total. The SMILES string of the molecule is COc1cccc2c1CCN(CCC(=O)O)C2=O. The summed E-state index contributed by atoms with van der Waals surface area (Å²) in [6, 6.07) is 5.36. The van der Waals surface area contributed by atoms with Crippen molar-refractivity contribution in [3.8, 4) is 5.75 Å². The largest absolute Gasteiger partial charge is 0.496 e. The van der Waals surface area contributed by atoms with Gasteiger partial charge in [0.2, 0.25) is 0 Å². The van der Waals surface area contributed by atoms with Crippen molar-refractivity contribution in [3.05, 3.63) is 29.3 Å². The van der Waals surface area contributed by atoms with Crippen LogP contribution in [0.1, 0.15) is 22.3 Å². The molecular weight excluding hydrogens is 234 g/mol. The molecular formula is C13H15NO4. The lowest BCUT2D eigenvalue weighted by molar-refractivity contribution is -0.137. The molecule has 1 amide bonds. The van der Waals surface area contributed by atoms with Gasteiger partial charge in [-0.05, 0) is 18.6 Å². The van der Waals surface area contributed by atoms with E-state index in [-0.39, 0.29) is 18.9 Å². The fourth-order valence-electron chi connectivity index (χ4n) is 2.18. The molecule has 1 aromatic carbocycles. The molecule has 0 fully saturated rings. The van der Waals surface area contributed by atoms with Crippen LogP contribution < -0.4 is 4.74 Å². The average Bonchev–Trinajstić information content (AvgIpc) is 2.37. The van der Waals surface area contributed by atoms with Crippen LogP contribution in [0.3, 0.4) is 0 Å². The Hall–Kier alpha value is -2.04. The van der Waals surface area contributed by atoms with Crippen LogP contribution in [0.5, 0.6) is 5.75 Å². The normalized spacial score (nSPS) is 14.3. The molecule has 1 heterocycles. The Balaban J connectivity index is 2.21. The molecule has 1 aliphatic heterocycles. The lowest BCUT2D eigenvalue weighted by Crippen LogP contribution is -2.39. The van der Waals surface area contributed by atoms with Gasteiger partial charge >= 0.3 is 5.97 Å². The number of carbonyl (C=O) groups is 2. The number of aliphatic carboxylic acids is 1. The van der Waals surface area contributed by atoms with E-state index in [1.165, 1.54) is 0 Å². The topological polar surface area (TPSA) is 66.8 Å². The first-order valence-corrected chi connectivity index (χ1v) is 5.80. The summed E-state index contributed by atoms with van der Waals surface area (Å²) in [4.78, 5) is 24.3. The zero-order chi connectivity index (χ0) is 13.1. The van der Waals surface area contributed by atoms with Crippen molar-refractivity contribution in [2.45, 2.75) is 12.8 Å². The van der Waals surface area contributed by atoms with E-state index in [1.807, 2.05) is 6.07 Å². The molecule has 0 unspecified atom stereocenters. The van der Waals surface area contributed by atoms with E-state index in [2.05, 4.69) is 0 Å². The number of carbonyl (C=O) groups excluding carboxylic acids is 1. The third-order valence-corrected chi connectivity index (χ3v) is 3.10. The summed E-state index contributed by atoms with van der Waals surface area (Å²) in [5.74, 6) is -0.283. The third kappa shape index (κ3) is 2.30. The predicted molar refractivity (Wildman–Crippen MR) is 64.9 cm³/mol. The number of amides is 1. The molecule has 96 valence electrons. The highest BCUT2D eigenvalue weighted by Crippen LogP contribution is 2.27. The second-order valence-corrected chi connectivity index (χ2v) is 4.17. The molecule has 1 aliphatic rings. The van der Waals surface area contributed by atoms with Gasteiger partial charge in [-0.15, -0.1) is 0 Å². The van der Waals surface area contributed by atoms with Crippen molar-refractivity contribution in [2.24, 2.45) is 0 Å². The molecule has 0 aromatic heterocycles. The Morgan fingerprint density at radius 1 is 1.50 bits per heavy atom. The zero-order valence-corrected chi connectivity index (χ0v) is 10.2. The lowest BCUT2D eigenvalue weighted by Gasteiger charge is -2.29. The van der Waals surface area contributed by atoms with E-state index in [9.17, 15) is 9.59 Å². The molecule has 0 bridgehead atoms. The van der Waals surface area contributed by atoms with Crippen LogP contribution in [-0.2, 0) is 11.2 Å². The summed E-state index contributed by atoms with van der Waals surface area (Å²) in [6.45, 7) is 0.796. The van der Waals surface area contributed by atoms with E-state index < -0.39 is 5.97 Å². The lowest BCUT2D eigenvalue weighted by atomic mass is 9.98. The molecule has 0 saturated heterocycles. The van der Waals surface area contributed by atoms with Crippen molar-refractivity contribution in [1.82, 2.24) is 4.90 Å². The van der Waals surface area contributed by atoms with Gasteiger partial charge in [-0.3, -0.25) is 9.59 Å². The highest BCUT2D eigenvalue weighted by Gasteiger charge is 2.26. The zero-order valence-electron chi connectivity index (χ0n) is 10.2. The maximum absolute atomic E-state index is 12.2. The minimum absolute atomic E-state index is 0.0228. The molecule has 18 heavy (non-hydrogen) atoms. The summed E-state index contributed by atoms with van der Waals surface area (Å²) in [7, 11) is 1.58. The smallest absolute Gasteiger partial charge is 0.305 e. The number of ether oxygens (including phenoxy) is 1. The predicted octanol–water partition coefficient (Wildman–Crippen LogP) is 1.17. The molecule has 0 spiro atoms. The summed E-state index contributed by atoms with van der Waals surface area (Å²) in [6.07, 6.45) is 0.676. The number of carboxylic acid groups (broad SMARTS) is 1. The molecule has 0 aliphatic carbocycles. The van der Waals surface area contributed by atoms with Gasteiger partial charge in [-0.2, -0.15) is 0 Å². The van der Waals surface area contributed by atoms with Crippen LogP contribution in [0.2, 0.25) is 0 Å². The second-order valence-electron chi connectivity index (χ2n) is 4.17. The van der Waals surface area contributed by atoms with Gasteiger partial charge in [-0.1, -0.05) is 6.07 Å². The Morgan fingerprint density at radius 2 is 2.28 bits per heavy atom. The van der Waals surface area contributed by atoms with Gasteiger partial charge < -0.3 is 14.7 Å². The summed E-state index contributed by atoms with van der Waals surface area (Å²) < 4.78 is 5.23. The molecule has 5 nitrogen and oxygen atoms in total. The molecule has 0 radical (unpaired) electrons. The number of fused-ring (bicyclic) bond motifs is 1. The molecule has 1 aromatic rings. The number of hydrogen-bond donors (Lipinski definition) is 1. The van der Waals surface area contributed by atoms with Crippen LogP contribution in [0.15, 0.2) is 18.2 Å². The Kier molecular flexibility index (Phi) is 3.50. The minimum Gasteiger partial charge on any atom is -0.496 e. The molecule has 0 atom stereocenters. The van der Waals surface area contributed by atoms with E-state index >= 15 is 0 Å². The fourth-order valence-corrected chi connectivity index (χ4v) is 2.18. The number of carboxylic acids is 1. The number of rotatable bonds is 4. The average molecular weight is 249 g/mol. The van der Waals surface area contributed by atoms with E-state index in [0.29, 0.717) is 18.5 Å². The second kappa shape index (κ2) is 5.08. The van der Waals surface area contributed by atoms with Crippen molar-refractivity contribution < 1.29 is 19.4 Å². The quantitative estimate of drug-likeness (QED) is 0.869. The summed E-state index contributed by atoms with van der Waals surface area (Å²) in [5, 5.41) is 8.65. The van der Waals surface area contributed by atoms with Gasteiger partial charge in [0.15, 0.2) is 0 Å². The van der Waals surface area contributed by atoms with Crippen LogP contribution in [0, 0.1) is 0 Å². The first-order valence-electron chi connectivity index (χ1n) is 5.80. The van der Waals surface area contributed by atoms with Gasteiger partial charge in [0.25, 0.3) is 5.91 Å².